The highest BCUT2D eigenvalue weighted by atomic mass is 79.9. The normalized spacial score (nSPS) is 11.4. The van der Waals surface area contributed by atoms with Gasteiger partial charge in [-0.15, -0.1) is 0 Å². The Morgan fingerprint density at radius 2 is 1.69 bits per heavy atom. The molecule has 1 rings (SSSR count). The number of ether oxygens (including phenoxy) is 2. The molecule has 0 aliphatic rings. The molecule has 5 heteroatoms. The molecule has 0 saturated carbocycles. The van der Waals surface area contributed by atoms with Crippen molar-refractivity contribution in [3.8, 4) is 11.5 Å². The summed E-state index contributed by atoms with van der Waals surface area (Å²) in [6, 6.07) is 3.71. The molecule has 0 atom stereocenters. The summed E-state index contributed by atoms with van der Waals surface area (Å²) in [6.07, 6.45) is 0. The van der Waals surface area contributed by atoms with Crippen LogP contribution in [0.2, 0.25) is 0 Å². The minimum absolute atomic E-state index is 0.392. The zero-order valence-corrected chi connectivity index (χ0v) is 12.7. The molecule has 0 aliphatic carbocycles. The lowest BCUT2D eigenvalue weighted by Crippen LogP contribution is -2.37. The Labute approximate surface area is 113 Å². The number of methoxy groups -OCH3 is 1. The standard InChI is InChI=1S/C11H15Br2NO2/c1-11(2,6-14)16-10-5-7(12)9(15-3)4-8(10)13/h4-5H,6,14H2,1-3H3. The number of nitrogens with two attached hydrogens (primary N) is 1. The molecule has 0 amide bonds. The van der Waals surface area contributed by atoms with Crippen molar-refractivity contribution in [2.45, 2.75) is 19.4 Å². The minimum atomic E-state index is -0.392. The van der Waals surface area contributed by atoms with Crippen LogP contribution in [-0.4, -0.2) is 19.3 Å². The molecule has 0 fully saturated rings. The number of hydrogen-bond donors (Lipinski definition) is 1. The molecule has 0 heterocycles. The summed E-state index contributed by atoms with van der Waals surface area (Å²) < 4.78 is 12.7. The lowest BCUT2D eigenvalue weighted by atomic mass is 10.1. The van der Waals surface area contributed by atoms with E-state index in [0.717, 1.165) is 20.4 Å². The van der Waals surface area contributed by atoms with Gasteiger partial charge in [-0.3, -0.25) is 0 Å². The molecule has 0 bridgehead atoms. The van der Waals surface area contributed by atoms with E-state index in [1.54, 1.807) is 7.11 Å². The fraction of sp³-hybridized carbons (Fsp3) is 0.455. The molecular weight excluding hydrogens is 338 g/mol. The average molecular weight is 353 g/mol. The number of benzene rings is 1. The van der Waals surface area contributed by atoms with Gasteiger partial charge in [0, 0.05) is 6.54 Å². The van der Waals surface area contributed by atoms with Crippen molar-refractivity contribution in [2.75, 3.05) is 13.7 Å². The van der Waals surface area contributed by atoms with Crippen molar-refractivity contribution in [3.63, 3.8) is 0 Å². The molecular formula is C11H15Br2NO2. The molecule has 0 radical (unpaired) electrons. The van der Waals surface area contributed by atoms with Gasteiger partial charge in [0.1, 0.15) is 17.1 Å². The summed E-state index contributed by atoms with van der Waals surface area (Å²) in [6.45, 7) is 4.33. The van der Waals surface area contributed by atoms with E-state index in [1.807, 2.05) is 26.0 Å². The lowest BCUT2D eigenvalue weighted by molar-refractivity contribution is 0.117. The van der Waals surface area contributed by atoms with Crippen LogP contribution in [0, 0.1) is 0 Å². The second kappa shape index (κ2) is 5.38. The van der Waals surface area contributed by atoms with Crippen LogP contribution in [0.4, 0.5) is 0 Å². The maximum absolute atomic E-state index is 5.80. The van der Waals surface area contributed by atoms with E-state index in [4.69, 9.17) is 15.2 Å². The summed E-state index contributed by atoms with van der Waals surface area (Å²) in [7, 11) is 1.62. The molecule has 2 N–H and O–H groups in total. The second-order valence-electron chi connectivity index (χ2n) is 3.98. The van der Waals surface area contributed by atoms with Gasteiger partial charge in [-0.2, -0.15) is 0 Å². The maximum Gasteiger partial charge on any atom is 0.135 e. The van der Waals surface area contributed by atoms with Crippen LogP contribution in [0.15, 0.2) is 21.1 Å². The zero-order valence-electron chi connectivity index (χ0n) is 9.51. The SMILES string of the molecule is COc1cc(Br)c(OC(C)(C)CN)cc1Br. The summed E-state index contributed by atoms with van der Waals surface area (Å²) in [5.41, 5.74) is 5.23. The van der Waals surface area contributed by atoms with Gasteiger partial charge < -0.3 is 15.2 Å². The first kappa shape index (κ1) is 13.8. The van der Waals surface area contributed by atoms with E-state index in [-0.39, 0.29) is 0 Å². The van der Waals surface area contributed by atoms with E-state index >= 15 is 0 Å². The van der Waals surface area contributed by atoms with Gasteiger partial charge in [0.15, 0.2) is 0 Å². The van der Waals surface area contributed by atoms with Crippen LogP contribution in [0.5, 0.6) is 11.5 Å². The third kappa shape index (κ3) is 3.37. The highest BCUT2D eigenvalue weighted by Crippen LogP contribution is 2.37. The van der Waals surface area contributed by atoms with Crippen molar-refractivity contribution in [2.24, 2.45) is 5.73 Å². The van der Waals surface area contributed by atoms with E-state index in [0.29, 0.717) is 6.54 Å². The summed E-state index contributed by atoms with van der Waals surface area (Å²) in [5.74, 6) is 1.49. The molecule has 0 unspecified atom stereocenters. The third-order valence-electron chi connectivity index (χ3n) is 2.08. The van der Waals surface area contributed by atoms with Crippen molar-refractivity contribution in [1.82, 2.24) is 0 Å². The van der Waals surface area contributed by atoms with Crippen LogP contribution in [0.3, 0.4) is 0 Å². The fourth-order valence-corrected chi connectivity index (χ4v) is 1.97. The van der Waals surface area contributed by atoms with Crippen molar-refractivity contribution < 1.29 is 9.47 Å². The quantitative estimate of drug-likeness (QED) is 0.903. The Bertz CT molecular complexity index is 380. The summed E-state index contributed by atoms with van der Waals surface area (Å²) in [5, 5.41) is 0. The highest BCUT2D eigenvalue weighted by molar-refractivity contribution is 9.11. The Kier molecular flexibility index (Phi) is 4.64. The van der Waals surface area contributed by atoms with E-state index in [9.17, 15) is 0 Å². The number of rotatable bonds is 4. The average Bonchev–Trinajstić information content (AvgIpc) is 2.22. The smallest absolute Gasteiger partial charge is 0.135 e. The number of halogens is 2. The van der Waals surface area contributed by atoms with Crippen LogP contribution >= 0.6 is 31.9 Å². The molecule has 0 saturated heterocycles. The Balaban J connectivity index is 3.02. The van der Waals surface area contributed by atoms with Gasteiger partial charge in [0.25, 0.3) is 0 Å². The Morgan fingerprint density at radius 3 is 2.19 bits per heavy atom. The van der Waals surface area contributed by atoms with Crippen molar-refractivity contribution >= 4 is 31.9 Å². The predicted molar refractivity (Wildman–Crippen MR) is 72.2 cm³/mol. The first-order valence-electron chi connectivity index (χ1n) is 4.82. The van der Waals surface area contributed by atoms with Gasteiger partial charge in [-0.05, 0) is 57.8 Å². The fourth-order valence-electron chi connectivity index (χ4n) is 1.08. The summed E-state index contributed by atoms with van der Waals surface area (Å²) in [4.78, 5) is 0. The first-order chi connectivity index (χ1) is 7.39. The first-order valence-corrected chi connectivity index (χ1v) is 6.40. The van der Waals surface area contributed by atoms with Crippen LogP contribution in [0.1, 0.15) is 13.8 Å². The number of hydrogen-bond acceptors (Lipinski definition) is 3. The Hall–Kier alpha value is -0.260. The van der Waals surface area contributed by atoms with Crippen LogP contribution in [0.25, 0.3) is 0 Å². The van der Waals surface area contributed by atoms with Gasteiger partial charge in [0.2, 0.25) is 0 Å². The monoisotopic (exact) mass is 351 g/mol. The van der Waals surface area contributed by atoms with Gasteiger partial charge in [-0.1, -0.05) is 0 Å². The van der Waals surface area contributed by atoms with Gasteiger partial charge in [-0.25, -0.2) is 0 Å². The molecule has 1 aromatic rings. The predicted octanol–water partition coefficient (Wildman–Crippen LogP) is 3.34. The van der Waals surface area contributed by atoms with Crippen LogP contribution in [-0.2, 0) is 0 Å². The molecule has 90 valence electrons. The molecule has 0 aliphatic heterocycles. The Morgan fingerprint density at radius 1 is 1.19 bits per heavy atom. The second-order valence-corrected chi connectivity index (χ2v) is 5.69. The minimum Gasteiger partial charge on any atom is -0.496 e. The van der Waals surface area contributed by atoms with Gasteiger partial charge >= 0.3 is 0 Å². The maximum atomic E-state index is 5.80. The topological polar surface area (TPSA) is 44.5 Å². The van der Waals surface area contributed by atoms with Crippen molar-refractivity contribution in [3.05, 3.63) is 21.1 Å². The lowest BCUT2D eigenvalue weighted by Gasteiger charge is -2.25. The molecule has 3 nitrogen and oxygen atoms in total. The molecule has 0 aromatic heterocycles. The van der Waals surface area contributed by atoms with Crippen molar-refractivity contribution in [1.29, 1.82) is 0 Å². The highest BCUT2D eigenvalue weighted by Gasteiger charge is 2.19. The zero-order chi connectivity index (χ0) is 12.3. The van der Waals surface area contributed by atoms with Gasteiger partial charge in [0.05, 0.1) is 16.1 Å². The van der Waals surface area contributed by atoms with E-state index < -0.39 is 5.60 Å². The van der Waals surface area contributed by atoms with Crippen LogP contribution < -0.4 is 15.2 Å². The summed E-state index contributed by atoms with van der Waals surface area (Å²) >= 11 is 6.85. The largest absolute Gasteiger partial charge is 0.496 e. The molecule has 1 aromatic carbocycles. The third-order valence-corrected chi connectivity index (χ3v) is 3.32. The molecule has 16 heavy (non-hydrogen) atoms. The van der Waals surface area contributed by atoms with E-state index in [2.05, 4.69) is 31.9 Å². The van der Waals surface area contributed by atoms with E-state index in [1.165, 1.54) is 0 Å². The molecule has 0 spiro atoms.